The number of hydrogen-bond donors (Lipinski definition) is 1. The van der Waals surface area contributed by atoms with Crippen LogP contribution < -0.4 is 10.5 Å². The zero-order valence-electron chi connectivity index (χ0n) is 12.2. The molecule has 0 amide bonds. The summed E-state index contributed by atoms with van der Waals surface area (Å²) in [6.07, 6.45) is 1.73. The summed E-state index contributed by atoms with van der Waals surface area (Å²) >= 11 is 11.9. The third kappa shape index (κ3) is 3.76. The molecule has 3 aromatic rings. The molecule has 0 aliphatic carbocycles. The maximum Gasteiger partial charge on any atom is 0.166 e. The molecule has 0 bridgehead atoms. The summed E-state index contributed by atoms with van der Waals surface area (Å²) in [6, 6.07) is 17.2. The van der Waals surface area contributed by atoms with Crippen molar-refractivity contribution >= 4 is 29.0 Å². The zero-order chi connectivity index (χ0) is 16.2. The Morgan fingerprint density at radius 2 is 1.70 bits per heavy atom. The molecule has 2 N–H and O–H groups in total. The second-order valence-electron chi connectivity index (χ2n) is 5.01. The van der Waals surface area contributed by atoms with Gasteiger partial charge in [-0.25, -0.2) is 4.98 Å². The second-order valence-corrected chi connectivity index (χ2v) is 5.82. The summed E-state index contributed by atoms with van der Waals surface area (Å²) in [5.74, 6) is 0.891. The summed E-state index contributed by atoms with van der Waals surface area (Å²) in [5, 5.41) is 1.01. The molecule has 116 valence electrons. The lowest BCUT2D eigenvalue weighted by molar-refractivity contribution is 0.307. The van der Waals surface area contributed by atoms with Crippen LogP contribution in [0, 0.1) is 0 Å². The molecule has 1 aromatic heterocycles. The number of pyridine rings is 1. The van der Waals surface area contributed by atoms with Gasteiger partial charge in [-0.2, -0.15) is 0 Å². The summed E-state index contributed by atoms with van der Waals surface area (Å²) in [5.41, 5.74) is 8.81. The fraction of sp³-hybridized carbons (Fsp3) is 0.0556. The van der Waals surface area contributed by atoms with Crippen LogP contribution in [0.5, 0.6) is 5.75 Å². The molecule has 0 saturated carbocycles. The van der Waals surface area contributed by atoms with Gasteiger partial charge in [0.15, 0.2) is 11.6 Å². The number of halogens is 2. The van der Waals surface area contributed by atoms with E-state index in [9.17, 15) is 0 Å². The molecule has 2 aromatic carbocycles. The Morgan fingerprint density at radius 3 is 2.43 bits per heavy atom. The minimum absolute atomic E-state index is 0.334. The van der Waals surface area contributed by atoms with E-state index in [-0.39, 0.29) is 0 Å². The zero-order valence-corrected chi connectivity index (χ0v) is 13.7. The predicted octanol–water partition coefficient (Wildman–Crippen LogP) is 5.22. The Labute approximate surface area is 144 Å². The van der Waals surface area contributed by atoms with Crippen LogP contribution in [0.1, 0.15) is 5.56 Å². The highest BCUT2D eigenvalue weighted by atomic mass is 35.5. The van der Waals surface area contributed by atoms with Gasteiger partial charge in [-0.1, -0.05) is 59.6 Å². The molecular weight excluding hydrogens is 331 g/mol. The van der Waals surface area contributed by atoms with Crippen LogP contribution >= 0.6 is 23.2 Å². The molecule has 0 atom stereocenters. The molecule has 0 spiro atoms. The van der Waals surface area contributed by atoms with E-state index in [4.69, 9.17) is 33.7 Å². The maximum absolute atomic E-state index is 6.01. The Morgan fingerprint density at radius 1 is 0.913 bits per heavy atom. The van der Waals surface area contributed by atoms with Gasteiger partial charge in [-0.05, 0) is 29.3 Å². The lowest BCUT2D eigenvalue weighted by Crippen LogP contribution is -2.01. The molecule has 0 saturated heterocycles. The van der Waals surface area contributed by atoms with E-state index in [2.05, 4.69) is 4.98 Å². The van der Waals surface area contributed by atoms with E-state index in [1.165, 1.54) is 0 Å². The van der Waals surface area contributed by atoms with Crippen LogP contribution in [0.2, 0.25) is 10.0 Å². The van der Waals surface area contributed by atoms with Crippen molar-refractivity contribution < 1.29 is 4.74 Å². The Bertz CT molecular complexity index is 823. The lowest BCUT2D eigenvalue weighted by Gasteiger charge is -2.11. The Balaban J connectivity index is 1.81. The topological polar surface area (TPSA) is 48.1 Å². The molecular formula is C18H14Cl2N2O. The minimum atomic E-state index is 0.334. The molecule has 5 heteroatoms. The monoisotopic (exact) mass is 344 g/mol. The van der Waals surface area contributed by atoms with Gasteiger partial charge in [0.1, 0.15) is 6.61 Å². The number of nitrogen functional groups attached to an aromatic ring is 1. The van der Waals surface area contributed by atoms with Crippen molar-refractivity contribution in [1.29, 1.82) is 0 Å². The normalized spacial score (nSPS) is 10.5. The van der Waals surface area contributed by atoms with Gasteiger partial charge in [-0.3, -0.25) is 0 Å². The molecule has 0 aliphatic rings. The van der Waals surface area contributed by atoms with Crippen molar-refractivity contribution in [2.24, 2.45) is 0 Å². The number of ether oxygens (including phenoxy) is 1. The van der Waals surface area contributed by atoms with Gasteiger partial charge in [0.25, 0.3) is 0 Å². The van der Waals surface area contributed by atoms with Crippen molar-refractivity contribution in [3.8, 4) is 16.9 Å². The van der Waals surface area contributed by atoms with Crippen LogP contribution in [-0.4, -0.2) is 4.98 Å². The average Bonchev–Trinajstić information content (AvgIpc) is 2.58. The summed E-state index contributed by atoms with van der Waals surface area (Å²) in [7, 11) is 0. The number of nitrogens with two attached hydrogens (primary N) is 1. The van der Waals surface area contributed by atoms with Gasteiger partial charge in [0.2, 0.25) is 0 Å². The van der Waals surface area contributed by atoms with E-state index in [0.29, 0.717) is 28.2 Å². The van der Waals surface area contributed by atoms with Gasteiger partial charge in [0, 0.05) is 11.8 Å². The Kier molecular flexibility index (Phi) is 4.70. The highest BCUT2D eigenvalue weighted by Gasteiger charge is 2.07. The lowest BCUT2D eigenvalue weighted by atomic mass is 10.1. The van der Waals surface area contributed by atoms with Crippen molar-refractivity contribution in [3.63, 3.8) is 0 Å². The second kappa shape index (κ2) is 6.90. The molecule has 23 heavy (non-hydrogen) atoms. The van der Waals surface area contributed by atoms with E-state index in [1.807, 2.05) is 42.5 Å². The fourth-order valence-electron chi connectivity index (χ4n) is 2.15. The average molecular weight is 345 g/mol. The standard InChI is InChI=1S/C18H14Cl2N2O/c19-15-7-6-12(8-16(15)20)11-23-17-9-14(10-22-18(17)21)13-4-2-1-3-5-13/h1-10H,11H2,(H2,21,22). The summed E-state index contributed by atoms with van der Waals surface area (Å²) < 4.78 is 5.79. The van der Waals surface area contributed by atoms with Crippen LogP contribution in [0.4, 0.5) is 5.82 Å². The molecule has 0 radical (unpaired) electrons. The molecule has 3 nitrogen and oxygen atoms in total. The molecule has 0 aliphatic heterocycles. The highest BCUT2D eigenvalue weighted by Crippen LogP contribution is 2.28. The molecule has 0 unspecified atom stereocenters. The quantitative estimate of drug-likeness (QED) is 0.705. The first-order valence-corrected chi connectivity index (χ1v) is 7.77. The maximum atomic E-state index is 6.01. The molecule has 1 heterocycles. The fourth-order valence-corrected chi connectivity index (χ4v) is 2.47. The van der Waals surface area contributed by atoms with E-state index < -0.39 is 0 Å². The van der Waals surface area contributed by atoms with Gasteiger partial charge < -0.3 is 10.5 Å². The van der Waals surface area contributed by atoms with Crippen molar-refractivity contribution in [2.75, 3.05) is 5.73 Å². The highest BCUT2D eigenvalue weighted by molar-refractivity contribution is 6.42. The van der Waals surface area contributed by atoms with Crippen LogP contribution in [0.3, 0.4) is 0 Å². The van der Waals surface area contributed by atoms with Crippen molar-refractivity contribution in [3.05, 3.63) is 76.4 Å². The third-order valence-corrected chi connectivity index (χ3v) is 4.11. The third-order valence-electron chi connectivity index (χ3n) is 3.37. The number of anilines is 1. The van der Waals surface area contributed by atoms with Crippen LogP contribution in [0.15, 0.2) is 60.8 Å². The number of benzene rings is 2. The van der Waals surface area contributed by atoms with E-state index in [0.717, 1.165) is 16.7 Å². The number of nitrogens with zero attached hydrogens (tertiary/aromatic N) is 1. The van der Waals surface area contributed by atoms with Crippen LogP contribution in [-0.2, 0) is 6.61 Å². The summed E-state index contributed by atoms with van der Waals surface area (Å²) in [6.45, 7) is 0.334. The Hall–Kier alpha value is -2.23. The predicted molar refractivity (Wildman–Crippen MR) is 94.9 cm³/mol. The van der Waals surface area contributed by atoms with Gasteiger partial charge in [-0.15, -0.1) is 0 Å². The largest absolute Gasteiger partial charge is 0.485 e. The van der Waals surface area contributed by atoms with Gasteiger partial charge >= 0.3 is 0 Å². The van der Waals surface area contributed by atoms with E-state index >= 15 is 0 Å². The van der Waals surface area contributed by atoms with Gasteiger partial charge in [0.05, 0.1) is 10.0 Å². The molecule has 3 rings (SSSR count). The van der Waals surface area contributed by atoms with E-state index in [1.54, 1.807) is 18.3 Å². The number of aromatic nitrogens is 1. The van der Waals surface area contributed by atoms with Crippen molar-refractivity contribution in [1.82, 2.24) is 4.98 Å². The summed E-state index contributed by atoms with van der Waals surface area (Å²) in [4.78, 5) is 4.21. The van der Waals surface area contributed by atoms with Crippen molar-refractivity contribution in [2.45, 2.75) is 6.61 Å². The SMILES string of the molecule is Nc1ncc(-c2ccccc2)cc1OCc1ccc(Cl)c(Cl)c1. The number of rotatable bonds is 4. The first kappa shape index (κ1) is 15.7. The first-order valence-electron chi connectivity index (χ1n) is 7.01. The first-order chi connectivity index (χ1) is 11.1. The smallest absolute Gasteiger partial charge is 0.166 e. The minimum Gasteiger partial charge on any atom is -0.485 e. The van der Waals surface area contributed by atoms with Crippen LogP contribution in [0.25, 0.3) is 11.1 Å². The molecule has 0 fully saturated rings. The number of hydrogen-bond acceptors (Lipinski definition) is 3.